The van der Waals surface area contributed by atoms with Crippen molar-refractivity contribution in [1.82, 2.24) is 15.5 Å². The largest absolute Gasteiger partial charge is 0.508 e. The number of unbranched alkanes of at least 4 members (excludes halogenated alkanes) is 1. The fourth-order valence-electron chi connectivity index (χ4n) is 6.19. The Kier molecular flexibility index (Phi) is 8.35. The molecule has 2 aliphatic rings. The van der Waals surface area contributed by atoms with Crippen LogP contribution in [0.4, 0.5) is 13.2 Å². The molecule has 1 fully saturated rings. The molecule has 3 aromatic carbocycles. The molecule has 1 saturated heterocycles. The van der Waals surface area contributed by atoms with Crippen molar-refractivity contribution in [2.45, 2.75) is 49.7 Å². The van der Waals surface area contributed by atoms with Gasteiger partial charge in [0.1, 0.15) is 17.7 Å². The van der Waals surface area contributed by atoms with Gasteiger partial charge in [-0.05, 0) is 78.7 Å². The van der Waals surface area contributed by atoms with Gasteiger partial charge in [-0.25, -0.2) is 0 Å². The van der Waals surface area contributed by atoms with Gasteiger partial charge in [-0.2, -0.15) is 13.2 Å². The molecule has 0 saturated carbocycles. The Balaban J connectivity index is 1.20. The third kappa shape index (κ3) is 6.25. The van der Waals surface area contributed by atoms with Crippen LogP contribution in [0.15, 0.2) is 72.8 Å². The lowest BCUT2D eigenvalue weighted by Gasteiger charge is -2.33. The number of benzene rings is 3. The molecule has 3 N–H and O–H groups in total. The maximum Gasteiger partial charge on any atom is 0.405 e. The van der Waals surface area contributed by atoms with Crippen LogP contribution >= 0.6 is 0 Å². The zero-order valence-corrected chi connectivity index (χ0v) is 22.7. The predicted octanol–water partition coefficient (Wildman–Crippen LogP) is 5.40. The number of halogens is 3. The van der Waals surface area contributed by atoms with E-state index < -0.39 is 24.0 Å². The van der Waals surface area contributed by atoms with Gasteiger partial charge in [-0.3, -0.25) is 9.59 Å². The van der Waals surface area contributed by atoms with Gasteiger partial charge in [0.25, 0.3) is 5.91 Å². The van der Waals surface area contributed by atoms with Crippen molar-refractivity contribution in [2.75, 3.05) is 26.2 Å². The monoisotopic (exact) mass is 565 g/mol. The second-order valence-electron chi connectivity index (χ2n) is 10.9. The lowest BCUT2D eigenvalue weighted by Crippen LogP contribution is -2.47. The quantitative estimate of drug-likeness (QED) is 0.304. The predicted molar refractivity (Wildman–Crippen MR) is 151 cm³/mol. The van der Waals surface area contributed by atoms with E-state index >= 15 is 0 Å². The van der Waals surface area contributed by atoms with Crippen LogP contribution in [0, 0.1) is 0 Å². The first-order valence-electron chi connectivity index (χ1n) is 14.0. The first-order valence-corrected chi connectivity index (χ1v) is 14.0. The minimum atomic E-state index is -4.50. The van der Waals surface area contributed by atoms with Crippen molar-refractivity contribution in [3.05, 3.63) is 89.5 Å². The summed E-state index contributed by atoms with van der Waals surface area (Å²) in [6, 6.07) is 21.3. The molecule has 0 unspecified atom stereocenters. The summed E-state index contributed by atoms with van der Waals surface area (Å²) in [6.07, 6.45) is -1.00. The summed E-state index contributed by atoms with van der Waals surface area (Å²) in [4.78, 5) is 28.4. The highest BCUT2D eigenvalue weighted by molar-refractivity contribution is 6.00. The van der Waals surface area contributed by atoms with E-state index in [1.165, 1.54) is 12.1 Å². The molecule has 9 heteroatoms. The average Bonchev–Trinajstić information content (AvgIpc) is 3.25. The highest BCUT2D eigenvalue weighted by atomic mass is 19.4. The number of phenols is 1. The van der Waals surface area contributed by atoms with E-state index in [0.717, 1.165) is 61.2 Å². The zero-order chi connectivity index (χ0) is 29.0. The van der Waals surface area contributed by atoms with Gasteiger partial charge >= 0.3 is 6.18 Å². The Morgan fingerprint density at radius 1 is 0.878 bits per heavy atom. The smallest absolute Gasteiger partial charge is 0.405 e. The fourth-order valence-corrected chi connectivity index (χ4v) is 6.19. The van der Waals surface area contributed by atoms with E-state index in [1.807, 2.05) is 48.5 Å². The SMILES string of the molecule is O=C(NC1CCN(CCCCC2(C(=O)NCC(F)(F)F)c3ccccc3-c3ccccc32)CC1)c1ccc(O)cc1. The fraction of sp³-hybridized carbons (Fsp3) is 0.375. The van der Waals surface area contributed by atoms with Crippen LogP contribution in [0.1, 0.15) is 53.6 Å². The number of fused-ring (bicyclic) bond motifs is 3. The minimum Gasteiger partial charge on any atom is -0.508 e. The van der Waals surface area contributed by atoms with Crippen LogP contribution in [0.5, 0.6) is 5.75 Å². The number of aromatic hydroxyl groups is 1. The molecule has 0 spiro atoms. The van der Waals surface area contributed by atoms with Gasteiger partial charge < -0.3 is 20.6 Å². The molecule has 0 atom stereocenters. The number of carbonyl (C=O) groups excluding carboxylic acids is 2. The summed E-state index contributed by atoms with van der Waals surface area (Å²) >= 11 is 0. The zero-order valence-electron chi connectivity index (χ0n) is 22.7. The van der Waals surface area contributed by atoms with Crippen LogP contribution in [-0.4, -0.2) is 60.2 Å². The van der Waals surface area contributed by atoms with Gasteiger partial charge in [0.2, 0.25) is 5.91 Å². The van der Waals surface area contributed by atoms with Crippen molar-refractivity contribution in [2.24, 2.45) is 0 Å². The lowest BCUT2D eigenvalue weighted by atomic mass is 9.73. The van der Waals surface area contributed by atoms with Crippen molar-refractivity contribution in [1.29, 1.82) is 0 Å². The molecule has 0 aromatic heterocycles. The number of carbonyl (C=O) groups is 2. The van der Waals surface area contributed by atoms with E-state index in [1.54, 1.807) is 12.1 Å². The first kappa shape index (κ1) is 28.7. The number of nitrogens with zero attached hydrogens (tertiary/aromatic N) is 1. The summed E-state index contributed by atoms with van der Waals surface area (Å²) in [5, 5.41) is 14.7. The van der Waals surface area contributed by atoms with Crippen molar-refractivity contribution in [3.63, 3.8) is 0 Å². The molecule has 41 heavy (non-hydrogen) atoms. The number of phenolic OH excluding ortho intramolecular Hbond substituents is 1. The van der Waals surface area contributed by atoms with E-state index in [-0.39, 0.29) is 17.7 Å². The van der Waals surface area contributed by atoms with Crippen LogP contribution in [0.3, 0.4) is 0 Å². The second-order valence-corrected chi connectivity index (χ2v) is 10.9. The summed E-state index contributed by atoms with van der Waals surface area (Å²) in [5.41, 5.74) is 2.62. The molecular formula is C32H34F3N3O3. The van der Waals surface area contributed by atoms with Gasteiger partial charge in [0.05, 0.1) is 0 Å². The number of piperidine rings is 1. The van der Waals surface area contributed by atoms with Crippen molar-refractivity contribution < 1.29 is 27.9 Å². The summed E-state index contributed by atoms with van der Waals surface area (Å²) < 4.78 is 39.2. The molecule has 2 amide bonds. The van der Waals surface area contributed by atoms with Gasteiger partial charge in [0, 0.05) is 24.7 Å². The molecule has 5 rings (SSSR count). The number of alkyl halides is 3. The minimum absolute atomic E-state index is 0.0691. The molecule has 6 nitrogen and oxygen atoms in total. The Bertz CT molecular complexity index is 1340. The second kappa shape index (κ2) is 11.9. The maximum atomic E-state index is 13.6. The number of hydrogen-bond acceptors (Lipinski definition) is 4. The van der Waals surface area contributed by atoms with Crippen molar-refractivity contribution in [3.8, 4) is 16.9 Å². The Morgan fingerprint density at radius 2 is 1.46 bits per heavy atom. The van der Waals surface area contributed by atoms with Gasteiger partial charge in [-0.15, -0.1) is 0 Å². The summed E-state index contributed by atoms with van der Waals surface area (Å²) in [6.45, 7) is 1.09. The maximum absolute atomic E-state index is 13.6. The number of likely N-dealkylation sites (tertiary alicyclic amines) is 1. The molecule has 3 aromatic rings. The number of amides is 2. The molecule has 0 radical (unpaired) electrons. The van der Waals surface area contributed by atoms with Crippen LogP contribution in [0.25, 0.3) is 11.1 Å². The molecule has 216 valence electrons. The highest BCUT2D eigenvalue weighted by Gasteiger charge is 2.49. The summed E-state index contributed by atoms with van der Waals surface area (Å²) in [5.74, 6) is -0.656. The van der Waals surface area contributed by atoms with Crippen LogP contribution < -0.4 is 10.6 Å². The van der Waals surface area contributed by atoms with E-state index in [2.05, 4.69) is 15.5 Å². The molecule has 0 bridgehead atoms. The third-order valence-corrected chi connectivity index (χ3v) is 8.23. The van der Waals surface area contributed by atoms with Crippen molar-refractivity contribution >= 4 is 11.8 Å². The molecule has 1 aliphatic carbocycles. The Hall–Kier alpha value is -3.85. The van der Waals surface area contributed by atoms with Crippen LogP contribution in [0.2, 0.25) is 0 Å². The number of rotatable bonds is 9. The van der Waals surface area contributed by atoms with E-state index in [4.69, 9.17) is 0 Å². The first-order chi connectivity index (χ1) is 19.7. The van der Waals surface area contributed by atoms with Crippen LogP contribution in [-0.2, 0) is 10.2 Å². The molecule has 1 heterocycles. The molecule has 1 aliphatic heterocycles. The van der Waals surface area contributed by atoms with Gasteiger partial charge in [-0.1, -0.05) is 55.0 Å². The normalized spacial score (nSPS) is 16.6. The van der Waals surface area contributed by atoms with Gasteiger partial charge in [0.15, 0.2) is 0 Å². The summed E-state index contributed by atoms with van der Waals surface area (Å²) in [7, 11) is 0. The standard InChI is InChI=1S/C32H34F3N3O3/c33-32(34,35)21-36-30(41)31(27-9-3-1-7-25(27)26-8-2-4-10-28(26)31)17-5-6-18-38-19-15-23(16-20-38)37-29(40)22-11-13-24(39)14-12-22/h1-4,7-14,23,39H,5-6,15-21H2,(H,36,41)(H,37,40). The highest BCUT2D eigenvalue weighted by Crippen LogP contribution is 2.51. The molecular weight excluding hydrogens is 531 g/mol. The Morgan fingerprint density at radius 3 is 2.05 bits per heavy atom. The Labute approximate surface area is 237 Å². The number of hydrogen-bond donors (Lipinski definition) is 3. The van der Waals surface area contributed by atoms with E-state index in [9.17, 15) is 27.9 Å². The average molecular weight is 566 g/mol. The number of nitrogens with one attached hydrogen (secondary N) is 2. The topological polar surface area (TPSA) is 81.7 Å². The van der Waals surface area contributed by atoms with E-state index in [0.29, 0.717) is 18.4 Å². The third-order valence-electron chi connectivity index (χ3n) is 8.23. The lowest BCUT2D eigenvalue weighted by molar-refractivity contribution is -0.141.